The second-order valence-corrected chi connectivity index (χ2v) is 7.18. The van der Waals surface area contributed by atoms with Crippen molar-refractivity contribution in [1.29, 1.82) is 5.26 Å². The minimum absolute atomic E-state index is 0.632. The predicted molar refractivity (Wildman–Crippen MR) is 115 cm³/mol. The molecule has 0 N–H and O–H groups in total. The molecule has 4 nitrogen and oxygen atoms in total. The predicted octanol–water partition coefficient (Wildman–Crippen LogP) is 5.70. The van der Waals surface area contributed by atoms with Crippen molar-refractivity contribution >= 4 is 32.3 Å². The summed E-state index contributed by atoms with van der Waals surface area (Å²) in [6, 6.07) is 28.9. The van der Waals surface area contributed by atoms with Crippen molar-refractivity contribution in [2.75, 3.05) is 0 Å². The maximum Gasteiger partial charge on any atom is 0.113 e. The quantitative estimate of drug-likeness (QED) is 0.367. The van der Waals surface area contributed by atoms with E-state index in [9.17, 15) is 0 Å². The topological polar surface area (TPSA) is 54.5 Å². The lowest BCUT2D eigenvalue weighted by Gasteiger charge is -2.13. The van der Waals surface area contributed by atoms with Gasteiger partial charge in [-0.05, 0) is 45.1 Å². The molecule has 0 saturated heterocycles. The van der Waals surface area contributed by atoms with Crippen molar-refractivity contribution in [3.63, 3.8) is 0 Å². The molecule has 0 atom stereocenters. The number of benzene rings is 5. The van der Waals surface area contributed by atoms with Crippen LogP contribution in [0.1, 0.15) is 5.56 Å². The summed E-state index contributed by atoms with van der Waals surface area (Å²) in [5, 5.41) is 25.1. The molecule has 0 aliphatic heterocycles. The van der Waals surface area contributed by atoms with Gasteiger partial charge >= 0.3 is 0 Å². The van der Waals surface area contributed by atoms with Crippen LogP contribution in [0.25, 0.3) is 49.3 Å². The summed E-state index contributed by atoms with van der Waals surface area (Å²) in [7, 11) is 0. The maximum atomic E-state index is 8.99. The van der Waals surface area contributed by atoms with Crippen molar-refractivity contribution in [2.24, 2.45) is 0 Å². The van der Waals surface area contributed by atoms with E-state index >= 15 is 0 Å². The molecule has 6 rings (SSSR count). The standard InChI is InChI=1S/C25H14N4/c26-14-16-4-6-17(7-5-16)22-15-29(28-27-22)23-13-11-20-9-8-18-2-1-3-19-10-12-21(23)25(20)24(18)19/h1-13,15H. The Balaban J connectivity index is 1.56. The van der Waals surface area contributed by atoms with E-state index in [2.05, 4.69) is 71.0 Å². The monoisotopic (exact) mass is 370 g/mol. The Morgan fingerprint density at radius 3 is 2.17 bits per heavy atom. The molecule has 0 amide bonds. The minimum Gasteiger partial charge on any atom is -0.219 e. The van der Waals surface area contributed by atoms with Crippen LogP contribution >= 0.6 is 0 Å². The fourth-order valence-electron chi connectivity index (χ4n) is 4.15. The van der Waals surface area contributed by atoms with E-state index in [-0.39, 0.29) is 0 Å². The molecule has 0 fully saturated rings. The van der Waals surface area contributed by atoms with Crippen LogP contribution in [0.5, 0.6) is 0 Å². The Labute approximate surface area is 166 Å². The molecule has 0 aliphatic rings. The van der Waals surface area contributed by atoms with Crippen molar-refractivity contribution in [1.82, 2.24) is 15.0 Å². The number of hydrogen-bond acceptors (Lipinski definition) is 3. The fourth-order valence-corrected chi connectivity index (χ4v) is 4.15. The zero-order valence-corrected chi connectivity index (χ0v) is 15.4. The lowest BCUT2D eigenvalue weighted by molar-refractivity contribution is 0.809. The average molecular weight is 370 g/mol. The van der Waals surface area contributed by atoms with Crippen LogP contribution in [0.15, 0.2) is 85.1 Å². The Kier molecular flexibility index (Phi) is 3.20. The SMILES string of the molecule is N#Cc1ccc(-c2cn(-c3ccc4ccc5cccc6ccc3c4c56)nn2)cc1. The summed E-state index contributed by atoms with van der Waals surface area (Å²) < 4.78 is 1.83. The number of hydrogen-bond donors (Lipinski definition) is 0. The number of nitriles is 1. The van der Waals surface area contributed by atoms with Crippen LogP contribution in [0.3, 0.4) is 0 Å². The van der Waals surface area contributed by atoms with E-state index in [1.807, 2.05) is 23.0 Å². The molecule has 0 bridgehead atoms. The summed E-state index contributed by atoms with van der Waals surface area (Å²) in [6.45, 7) is 0. The lowest BCUT2D eigenvalue weighted by Crippen LogP contribution is -1.97. The zero-order valence-electron chi connectivity index (χ0n) is 15.4. The number of rotatable bonds is 2. The Hall–Kier alpha value is -4.23. The Morgan fingerprint density at radius 2 is 1.41 bits per heavy atom. The molecular formula is C25H14N4. The third kappa shape index (κ3) is 2.31. The van der Waals surface area contributed by atoms with Gasteiger partial charge in [0.05, 0.1) is 23.5 Å². The van der Waals surface area contributed by atoms with Gasteiger partial charge in [0, 0.05) is 10.9 Å². The molecule has 134 valence electrons. The first-order valence-corrected chi connectivity index (χ1v) is 9.42. The molecule has 0 aliphatic carbocycles. The van der Waals surface area contributed by atoms with Crippen LogP contribution in [-0.2, 0) is 0 Å². The van der Waals surface area contributed by atoms with Gasteiger partial charge in [-0.1, -0.05) is 65.9 Å². The summed E-state index contributed by atoms with van der Waals surface area (Å²) in [4.78, 5) is 0. The van der Waals surface area contributed by atoms with Gasteiger partial charge in [0.1, 0.15) is 5.69 Å². The van der Waals surface area contributed by atoms with Gasteiger partial charge in [0.2, 0.25) is 0 Å². The van der Waals surface area contributed by atoms with Crippen LogP contribution in [-0.4, -0.2) is 15.0 Å². The highest BCUT2D eigenvalue weighted by Gasteiger charge is 2.13. The van der Waals surface area contributed by atoms with Crippen LogP contribution in [0, 0.1) is 11.3 Å². The second kappa shape index (κ2) is 5.88. The number of nitrogens with zero attached hydrogens (tertiary/aromatic N) is 4. The Morgan fingerprint density at radius 1 is 0.724 bits per heavy atom. The molecule has 29 heavy (non-hydrogen) atoms. The van der Waals surface area contributed by atoms with E-state index in [4.69, 9.17) is 5.26 Å². The minimum atomic E-state index is 0.632. The largest absolute Gasteiger partial charge is 0.219 e. The molecule has 1 aromatic heterocycles. The molecular weight excluding hydrogens is 356 g/mol. The van der Waals surface area contributed by atoms with Gasteiger partial charge in [-0.2, -0.15) is 5.26 Å². The normalized spacial score (nSPS) is 11.4. The van der Waals surface area contributed by atoms with E-state index in [1.54, 1.807) is 12.1 Å². The van der Waals surface area contributed by atoms with Crippen molar-refractivity contribution in [3.8, 4) is 23.0 Å². The van der Waals surface area contributed by atoms with Crippen molar-refractivity contribution in [3.05, 3.63) is 90.6 Å². The van der Waals surface area contributed by atoms with Crippen molar-refractivity contribution in [2.45, 2.75) is 0 Å². The average Bonchev–Trinajstić information content (AvgIpc) is 3.27. The lowest BCUT2D eigenvalue weighted by atomic mass is 9.93. The molecule has 5 aromatic carbocycles. The molecule has 0 radical (unpaired) electrons. The van der Waals surface area contributed by atoms with Gasteiger partial charge < -0.3 is 0 Å². The van der Waals surface area contributed by atoms with Crippen molar-refractivity contribution < 1.29 is 0 Å². The van der Waals surface area contributed by atoms with Gasteiger partial charge in [-0.3, -0.25) is 0 Å². The highest BCUT2D eigenvalue weighted by molar-refractivity contribution is 6.24. The first kappa shape index (κ1) is 15.8. The number of aromatic nitrogens is 3. The first-order chi connectivity index (χ1) is 14.3. The third-order valence-corrected chi connectivity index (χ3v) is 5.56. The smallest absolute Gasteiger partial charge is 0.113 e. The zero-order chi connectivity index (χ0) is 19.4. The maximum absolute atomic E-state index is 8.99. The molecule has 0 saturated carbocycles. The fraction of sp³-hybridized carbons (Fsp3) is 0. The summed E-state index contributed by atoms with van der Waals surface area (Å²) in [6.07, 6.45) is 1.94. The molecule has 0 unspecified atom stereocenters. The van der Waals surface area contributed by atoms with E-state index in [1.165, 1.54) is 26.9 Å². The highest BCUT2D eigenvalue weighted by atomic mass is 15.4. The van der Waals surface area contributed by atoms with E-state index < -0.39 is 0 Å². The van der Waals surface area contributed by atoms with Gasteiger partial charge in [-0.15, -0.1) is 5.10 Å². The van der Waals surface area contributed by atoms with Gasteiger partial charge in [0.15, 0.2) is 0 Å². The van der Waals surface area contributed by atoms with Crippen LogP contribution in [0.4, 0.5) is 0 Å². The van der Waals surface area contributed by atoms with Crippen LogP contribution < -0.4 is 0 Å². The Bertz CT molecular complexity index is 1540. The second-order valence-electron chi connectivity index (χ2n) is 7.18. The molecule has 4 heteroatoms. The third-order valence-electron chi connectivity index (χ3n) is 5.56. The summed E-state index contributed by atoms with van der Waals surface area (Å²) in [5.41, 5.74) is 3.35. The summed E-state index contributed by atoms with van der Waals surface area (Å²) >= 11 is 0. The summed E-state index contributed by atoms with van der Waals surface area (Å²) in [5.74, 6) is 0. The highest BCUT2D eigenvalue weighted by Crippen LogP contribution is 2.37. The van der Waals surface area contributed by atoms with Gasteiger partial charge in [0.25, 0.3) is 0 Å². The van der Waals surface area contributed by atoms with Gasteiger partial charge in [-0.25, -0.2) is 4.68 Å². The van der Waals surface area contributed by atoms with E-state index in [0.717, 1.165) is 22.3 Å². The van der Waals surface area contributed by atoms with Crippen LogP contribution in [0.2, 0.25) is 0 Å². The molecule has 1 heterocycles. The molecule has 0 spiro atoms. The molecule has 6 aromatic rings. The van der Waals surface area contributed by atoms with E-state index in [0.29, 0.717) is 5.56 Å². The first-order valence-electron chi connectivity index (χ1n) is 9.42.